The second-order valence-corrected chi connectivity index (χ2v) is 5.62. The van der Waals surface area contributed by atoms with Gasteiger partial charge in [-0.25, -0.2) is 4.98 Å². The van der Waals surface area contributed by atoms with Gasteiger partial charge in [0.15, 0.2) is 0 Å². The SMILES string of the molecule is CCOc1ccnc(N2CCN(C(C)(C)CN)CC2)n1. The number of hydrogen-bond donors (Lipinski definition) is 1. The van der Waals surface area contributed by atoms with Gasteiger partial charge in [-0.1, -0.05) is 0 Å². The smallest absolute Gasteiger partial charge is 0.228 e. The molecule has 1 aromatic heterocycles. The minimum absolute atomic E-state index is 0.0557. The van der Waals surface area contributed by atoms with E-state index < -0.39 is 0 Å². The summed E-state index contributed by atoms with van der Waals surface area (Å²) >= 11 is 0. The third-order valence-corrected chi connectivity index (χ3v) is 3.83. The van der Waals surface area contributed by atoms with Crippen LogP contribution in [-0.2, 0) is 0 Å². The first-order valence-electron chi connectivity index (χ1n) is 7.22. The predicted octanol–water partition coefficient (Wildman–Crippen LogP) is 0.735. The molecule has 20 heavy (non-hydrogen) atoms. The van der Waals surface area contributed by atoms with Crippen molar-refractivity contribution in [3.63, 3.8) is 0 Å². The molecule has 1 aliphatic rings. The number of piperazine rings is 1. The summed E-state index contributed by atoms with van der Waals surface area (Å²) in [4.78, 5) is 13.4. The van der Waals surface area contributed by atoms with Crippen LogP contribution in [0.25, 0.3) is 0 Å². The van der Waals surface area contributed by atoms with Crippen LogP contribution in [-0.4, -0.2) is 59.7 Å². The first-order chi connectivity index (χ1) is 9.56. The molecule has 0 aliphatic carbocycles. The Hall–Kier alpha value is -1.40. The molecule has 0 spiro atoms. The summed E-state index contributed by atoms with van der Waals surface area (Å²) < 4.78 is 5.43. The van der Waals surface area contributed by atoms with Crippen LogP contribution >= 0.6 is 0 Å². The fraction of sp³-hybridized carbons (Fsp3) is 0.714. The molecule has 1 saturated heterocycles. The first kappa shape index (κ1) is 15.0. The lowest BCUT2D eigenvalue weighted by Gasteiger charge is -2.43. The molecule has 0 radical (unpaired) electrons. The van der Waals surface area contributed by atoms with Gasteiger partial charge in [0.05, 0.1) is 6.61 Å². The van der Waals surface area contributed by atoms with E-state index in [4.69, 9.17) is 10.5 Å². The van der Waals surface area contributed by atoms with Crippen LogP contribution in [0.5, 0.6) is 5.88 Å². The van der Waals surface area contributed by atoms with E-state index in [0.29, 0.717) is 19.0 Å². The maximum absolute atomic E-state index is 5.84. The average Bonchev–Trinajstić information content (AvgIpc) is 2.48. The van der Waals surface area contributed by atoms with Crippen LogP contribution in [0.1, 0.15) is 20.8 Å². The van der Waals surface area contributed by atoms with Crippen molar-refractivity contribution in [1.82, 2.24) is 14.9 Å². The molecule has 1 aliphatic heterocycles. The molecule has 0 bridgehead atoms. The summed E-state index contributed by atoms with van der Waals surface area (Å²) in [5, 5.41) is 0. The monoisotopic (exact) mass is 279 g/mol. The van der Waals surface area contributed by atoms with E-state index in [-0.39, 0.29) is 5.54 Å². The van der Waals surface area contributed by atoms with Gasteiger partial charge < -0.3 is 15.4 Å². The topological polar surface area (TPSA) is 67.5 Å². The number of ether oxygens (including phenoxy) is 1. The highest BCUT2D eigenvalue weighted by Gasteiger charge is 2.29. The van der Waals surface area contributed by atoms with Crippen LogP contribution in [0.2, 0.25) is 0 Å². The van der Waals surface area contributed by atoms with Crippen molar-refractivity contribution < 1.29 is 4.74 Å². The van der Waals surface area contributed by atoms with Crippen molar-refractivity contribution in [1.29, 1.82) is 0 Å². The minimum Gasteiger partial charge on any atom is -0.478 e. The fourth-order valence-electron chi connectivity index (χ4n) is 2.35. The van der Waals surface area contributed by atoms with Gasteiger partial charge >= 0.3 is 0 Å². The van der Waals surface area contributed by atoms with Gasteiger partial charge in [0.2, 0.25) is 11.8 Å². The standard InChI is InChI=1S/C14H25N5O/c1-4-20-12-5-6-16-13(17-12)18-7-9-19(10-8-18)14(2,3)11-15/h5-6H,4,7-11,15H2,1-3H3. The molecule has 1 aromatic rings. The Morgan fingerprint density at radius 2 is 2.00 bits per heavy atom. The highest BCUT2D eigenvalue weighted by atomic mass is 16.5. The van der Waals surface area contributed by atoms with Crippen LogP contribution in [0.15, 0.2) is 12.3 Å². The number of aromatic nitrogens is 2. The number of nitrogens with zero attached hydrogens (tertiary/aromatic N) is 4. The summed E-state index contributed by atoms with van der Waals surface area (Å²) in [6.07, 6.45) is 1.75. The number of rotatable bonds is 5. The Balaban J connectivity index is 1.98. The van der Waals surface area contributed by atoms with E-state index in [0.717, 1.165) is 32.1 Å². The van der Waals surface area contributed by atoms with Gasteiger partial charge in [-0.15, -0.1) is 0 Å². The largest absolute Gasteiger partial charge is 0.478 e. The molecule has 6 heteroatoms. The molecule has 6 nitrogen and oxygen atoms in total. The molecule has 0 saturated carbocycles. The second kappa shape index (κ2) is 6.37. The maximum atomic E-state index is 5.84. The lowest BCUT2D eigenvalue weighted by molar-refractivity contribution is 0.118. The normalized spacial score (nSPS) is 17.3. The molecule has 0 atom stereocenters. The number of anilines is 1. The quantitative estimate of drug-likeness (QED) is 0.857. The molecule has 0 aromatic carbocycles. The van der Waals surface area contributed by atoms with Gasteiger partial charge in [0.1, 0.15) is 0 Å². The van der Waals surface area contributed by atoms with Gasteiger partial charge in [0.25, 0.3) is 0 Å². The summed E-state index contributed by atoms with van der Waals surface area (Å²) in [5.41, 5.74) is 5.90. The zero-order valence-corrected chi connectivity index (χ0v) is 12.7. The first-order valence-corrected chi connectivity index (χ1v) is 7.22. The summed E-state index contributed by atoms with van der Waals surface area (Å²) in [6, 6.07) is 1.79. The highest BCUT2D eigenvalue weighted by Crippen LogP contribution is 2.19. The zero-order chi connectivity index (χ0) is 14.6. The van der Waals surface area contributed by atoms with Crippen molar-refractivity contribution in [2.24, 2.45) is 5.73 Å². The van der Waals surface area contributed by atoms with Crippen LogP contribution in [0.3, 0.4) is 0 Å². The van der Waals surface area contributed by atoms with Gasteiger partial charge in [-0.3, -0.25) is 4.90 Å². The Labute approximate surface area is 120 Å². The van der Waals surface area contributed by atoms with E-state index in [1.165, 1.54) is 0 Å². The number of nitrogens with two attached hydrogens (primary N) is 1. The Morgan fingerprint density at radius 3 is 2.60 bits per heavy atom. The fourth-order valence-corrected chi connectivity index (χ4v) is 2.35. The van der Waals surface area contributed by atoms with Crippen LogP contribution in [0, 0.1) is 0 Å². The molecule has 2 rings (SSSR count). The Morgan fingerprint density at radius 1 is 1.30 bits per heavy atom. The van der Waals surface area contributed by atoms with Crippen molar-refractivity contribution in [2.75, 3.05) is 44.2 Å². The molecule has 1 fully saturated rings. The molecule has 2 N–H and O–H groups in total. The number of hydrogen-bond acceptors (Lipinski definition) is 6. The van der Waals surface area contributed by atoms with E-state index in [1.807, 2.05) is 6.92 Å². The lowest BCUT2D eigenvalue weighted by Crippen LogP contribution is -2.57. The maximum Gasteiger partial charge on any atom is 0.228 e. The molecular weight excluding hydrogens is 254 g/mol. The lowest BCUT2D eigenvalue weighted by atomic mass is 10.0. The molecule has 0 amide bonds. The van der Waals surface area contributed by atoms with E-state index in [2.05, 4.69) is 33.6 Å². The summed E-state index contributed by atoms with van der Waals surface area (Å²) in [5.74, 6) is 1.39. The van der Waals surface area contributed by atoms with Crippen molar-refractivity contribution in [3.8, 4) is 5.88 Å². The predicted molar refractivity (Wildman–Crippen MR) is 80.1 cm³/mol. The van der Waals surface area contributed by atoms with Crippen LogP contribution < -0.4 is 15.4 Å². The second-order valence-electron chi connectivity index (χ2n) is 5.62. The third-order valence-electron chi connectivity index (χ3n) is 3.83. The van der Waals surface area contributed by atoms with E-state index in [1.54, 1.807) is 12.3 Å². The van der Waals surface area contributed by atoms with Gasteiger partial charge in [0, 0.05) is 50.5 Å². The van der Waals surface area contributed by atoms with Crippen LogP contribution in [0.4, 0.5) is 5.95 Å². The van der Waals surface area contributed by atoms with Crippen molar-refractivity contribution in [2.45, 2.75) is 26.3 Å². The van der Waals surface area contributed by atoms with E-state index >= 15 is 0 Å². The average molecular weight is 279 g/mol. The van der Waals surface area contributed by atoms with Crippen molar-refractivity contribution >= 4 is 5.95 Å². The minimum atomic E-state index is 0.0557. The molecule has 2 heterocycles. The van der Waals surface area contributed by atoms with E-state index in [9.17, 15) is 0 Å². The van der Waals surface area contributed by atoms with Gasteiger partial charge in [-0.2, -0.15) is 4.98 Å². The van der Waals surface area contributed by atoms with Crippen molar-refractivity contribution in [3.05, 3.63) is 12.3 Å². The molecular formula is C14H25N5O. The third kappa shape index (κ3) is 3.37. The Bertz CT molecular complexity index is 429. The summed E-state index contributed by atoms with van der Waals surface area (Å²) in [6.45, 7) is 11.4. The zero-order valence-electron chi connectivity index (χ0n) is 12.7. The van der Waals surface area contributed by atoms with Gasteiger partial charge in [-0.05, 0) is 20.8 Å². The molecule has 112 valence electrons. The molecule has 0 unspecified atom stereocenters. The summed E-state index contributed by atoms with van der Waals surface area (Å²) in [7, 11) is 0. The highest BCUT2D eigenvalue weighted by molar-refractivity contribution is 5.32. The Kier molecular flexibility index (Phi) is 4.77.